The average molecular weight is 312 g/mol. The molecule has 0 saturated heterocycles. The molecule has 2 atom stereocenters. The van der Waals surface area contributed by atoms with Crippen LogP contribution in [0.1, 0.15) is 24.1 Å². The van der Waals surface area contributed by atoms with Gasteiger partial charge in [-0.2, -0.15) is 0 Å². The Labute approximate surface area is 122 Å². The molecule has 0 aliphatic carbocycles. The van der Waals surface area contributed by atoms with E-state index in [0.717, 1.165) is 0 Å². The lowest BCUT2D eigenvalue weighted by Gasteiger charge is -2.18. The molecule has 0 aromatic heterocycles. The number of hydrogen-bond acceptors (Lipinski definition) is 4. The molecular formula is C12H16Cl2FNO3. The van der Waals surface area contributed by atoms with Gasteiger partial charge in [0.25, 0.3) is 0 Å². The summed E-state index contributed by atoms with van der Waals surface area (Å²) >= 11 is 5.81. The fraction of sp³-hybridized carbons (Fsp3) is 0.417. The van der Waals surface area contributed by atoms with Gasteiger partial charge in [-0.1, -0.05) is 11.6 Å². The van der Waals surface area contributed by atoms with E-state index in [0.29, 0.717) is 10.6 Å². The smallest absolute Gasteiger partial charge is 0.342 e. The molecule has 108 valence electrons. The maximum Gasteiger partial charge on any atom is 0.342 e. The van der Waals surface area contributed by atoms with Crippen LogP contribution < -0.4 is 5.73 Å². The van der Waals surface area contributed by atoms with E-state index < -0.39 is 18.2 Å². The molecule has 0 radical (unpaired) electrons. The van der Waals surface area contributed by atoms with Crippen molar-refractivity contribution >= 4 is 30.0 Å². The fourth-order valence-electron chi connectivity index (χ4n) is 1.54. The van der Waals surface area contributed by atoms with Crippen LogP contribution in [0.4, 0.5) is 4.39 Å². The molecule has 1 unspecified atom stereocenters. The second-order valence-corrected chi connectivity index (χ2v) is 4.28. The third-order valence-electron chi connectivity index (χ3n) is 2.48. The molecule has 19 heavy (non-hydrogen) atoms. The van der Waals surface area contributed by atoms with Crippen LogP contribution in [-0.2, 0) is 9.53 Å². The summed E-state index contributed by atoms with van der Waals surface area (Å²) in [6.45, 7) is 3.23. The van der Waals surface area contributed by atoms with Crippen molar-refractivity contribution in [2.45, 2.75) is 26.1 Å². The summed E-state index contributed by atoms with van der Waals surface area (Å²) in [5.74, 6) is -1.22. The van der Waals surface area contributed by atoms with Crippen LogP contribution in [0, 0.1) is 6.92 Å². The van der Waals surface area contributed by atoms with E-state index in [-0.39, 0.29) is 30.3 Å². The lowest BCUT2D eigenvalue weighted by atomic mass is 9.99. The number of esters is 1. The van der Waals surface area contributed by atoms with Crippen LogP contribution in [0.25, 0.3) is 0 Å². The molecule has 0 aliphatic rings. The van der Waals surface area contributed by atoms with Gasteiger partial charge in [-0.05, 0) is 31.5 Å². The van der Waals surface area contributed by atoms with E-state index in [2.05, 4.69) is 4.74 Å². The van der Waals surface area contributed by atoms with Crippen LogP contribution in [0.2, 0.25) is 5.02 Å². The molecule has 0 fully saturated rings. The van der Waals surface area contributed by atoms with Gasteiger partial charge in [0.15, 0.2) is 0 Å². The first-order valence-corrected chi connectivity index (χ1v) is 5.81. The number of aromatic hydroxyl groups is 1. The summed E-state index contributed by atoms with van der Waals surface area (Å²) in [7, 11) is 0. The predicted molar refractivity (Wildman–Crippen MR) is 73.6 cm³/mol. The third-order valence-corrected chi connectivity index (χ3v) is 2.70. The number of benzene rings is 1. The summed E-state index contributed by atoms with van der Waals surface area (Å²) in [4.78, 5) is 11.2. The van der Waals surface area contributed by atoms with Gasteiger partial charge in [0, 0.05) is 10.6 Å². The van der Waals surface area contributed by atoms with Crippen molar-refractivity contribution in [2.24, 2.45) is 5.73 Å². The molecule has 0 heterocycles. The van der Waals surface area contributed by atoms with E-state index >= 15 is 0 Å². The largest absolute Gasteiger partial charge is 0.507 e. The van der Waals surface area contributed by atoms with Gasteiger partial charge in [-0.25, -0.2) is 9.18 Å². The van der Waals surface area contributed by atoms with Gasteiger partial charge in [-0.15, -0.1) is 12.4 Å². The highest BCUT2D eigenvalue weighted by molar-refractivity contribution is 6.30. The van der Waals surface area contributed by atoms with Gasteiger partial charge in [0.05, 0.1) is 12.6 Å². The Hall–Kier alpha value is -1.04. The van der Waals surface area contributed by atoms with E-state index in [1.165, 1.54) is 12.1 Å². The quantitative estimate of drug-likeness (QED) is 0.839. The summed E-state index contributed by atoms with van der Waals surface area (Å²) < 4.78 is 18.3. The molecule has 0 aliphatic heterocycles. The summed E-state index contributed by atoms with van der Waals surface area (Å²) in [5.41, 5.74) is 6.16. The number of hydrogen-bond donors (Lipinski definition) is 2. The topological polar surface area (TPSA) is 72.5 Å². The third kappa shape index (κ3) is 4.23. The van der Waals surface area contributed by atoms with E-state index in [1.807, 2.05) is 0 Å². The van der Waals surface area contributed by atoms with Gasteiger partial charge < -0.3 is 15.6 Å². The van der Waals surface area contributed by atoms with Crippen LogP contribution in [0.3, 0.4) is 0 Å². The Morgan fingerprint density at radius 2 is 2.16 bits per heavy atom. The first-order chi connectivity index (χ1) is 8.38. The number of phenolic OH excluding ortho intramolecular Hbond substituents is 1. The zero-order valence-corrected chi connectivity index (χ0v) is 12.1. The van der Waals surface area contributed by atoms with Crippen LogP contribution in [0.15, 0.2) is 12.1 Å². The highest BCUT2D eigenvalue weighted by Gasteiger charge is 2.30. The van der Waals surface area contributed by atoms with Crippen molar-refractivity contribution in [1.82, 2.24) is 0 Å². The lowest BCUT2D eigenvalue weighted by Crippen LogP contribution is -2.31. The first kappa shape index (κ1) is 18.0. The molecule has 0 amide bonds. The molecule has 0 saturated carbocycles. The number of carbonyl (C=O) groups excluding carboxylic acids is 1. The van der Waals surface area contributed by atoms with Crippen molar-refractivity contribution in [3.05, 3.63) is 28.3 Å². The Kier molecular flexibility index (Phi) is 7.11. The number of ether oxygens (including phenoxy) is 1. The standard InChI is InChI=1S/C12H15ClFNO3.ClH/c1-3-18-12(17)9(14)10(15)8-5-7(13)4-6(2)11(8)16;/h4-5,9-10,16H,3,15H2,1-2H3;1H/t9?,10-;/m0./s1. The highest BCUT2D eigenvalue weighted by atomic mass is 35.5. The van der Waals surface area contributed by atoms with Crippen LogP contribution in [-0.4, -0.2) is 23.9 Å². The van der Waals surface area contributed by atoms with Crippen LogP contribution >= 0.6 is 24.0 Å². The summed E-state index contributed by atoms with van der Waals surface area (Å²) in [5, 5.41) is 10.1. The van der Waals surface area contributed by atoms with E-state index in [4.69, 9.17) is 17.3 Å². The second-order valence-electron chi connectivity index (χ2n) is 3.84. The minimum Gasteiger partial charge on any atom is -0.507 e. The number of halogens is 3. The number of alkyl halides is 1. The van der Waals surface area contributed by atoms with Crippen molar-refractivity contribution in [3.63, 3.8) is 0 Å². The SMILES string of the molecule is CCOC(=O)C(F)[C@@H](N)c1cc(Cl)cc(C)c1O.Cl. The Morgan fingerprint density at radius 1 is 1.58 bits per heavy atom. The number of rotatable bonds is 4. The molecule has 1 aromatic rings. The normalized spacial score (nSPS) is 13.3. The minimum absolute atomic E-state index is 0. The van der Waals surface area contributed by atoms with Gasteiger partial charge in [0.2, 0.25) is 6.17 Å². The second kappa shape index (κ2) is 7.53. The monoisotopic (exact) mass is 311 g/mol. The van der Waals surface area contributed by atoms with Crippen molar-refractivity contribution in [3.8, 4) is 5.75 Å². The molecular weight excluding hydrogens is 296 g/mol. The van der Waals surface area contributed by atoms with Gasteiger partial charge in [0.1, 0.15) is 5.75 Å². The number of phenols is 1. The minimum atomic E-state index is -2.05. The Bertz CT molecular complexity index is 457. The molecule has 0 bridgehead atoms. The molecule has 4 nitrogen and oxygen atoms in total. The Balaban J connectivity index is 0.00000324. The van der Waals surface area contributed by atoms with Crippen LogP contribution in [0.5, 0.6) is 5.75 Å². The number of nitrogens with two attached hydrogens (primary N) is 1. The molecule has 7 heteroatoms. The summed E-state index contributed by atoms with van der Waals surface area (Å²) in [6.07, 6.45) is -2.05. The zero-order valence-electron chi connectivity index (χ0n) is 10.5. The van der Waals surface area contributed by atoms with Crippen molar-refractivity contribution in [2.75, 3.05) is 6.61 Å². The van der Waals surface area contributed by atoms with Crippen molar-refractivity contribution in [1.29, 1.82) is 0 Å². The fourth-order valence-corrected chi connectivity index (χ4v) is 1.82. The average Bonchev–Trinajstić information content (AvgIpc) is 2.32. The van der Waals surface area contributed by atoms with Gasteiger partial charge in [-0.3, -0.25) is 0 Å². The molecule has 1 aromatic carbocycles. The van der Waals surface area contributed by atoms with E-state index in [9.17, 15) is 14.3 Å². The molecule has 3 N–H and O–H groups in total. The predicted octanol–water partition coefficient (Wildman–Crippen LogP) is 2.68. The summed E-state index contributed by atoms with van der Waals surface area (Å²) in [6, 6.07) is 1.53. The zero-order chi connectivity index (χ0) is 13.9. The number of aryl methyl sites for hydroxylation is 1. The maximum absolute atomic E-state index is 13.8. The maximum atomic E-state index is 13.8. The van der Waals surface area contributed by atoms with E-state index in [1.54, 1.807) is 13.8 Å². The van der Waals surface area contributed by atoms with Crippen molar-refractivity contribution < 1.29 is 19.0 Å². The highest BCUT2D eigenvalue weighted by Crippen LogP contribution is 2.32. The molecule has 0 spiro atoms. The van der Waals surface area contributed by atoms with Gasteiger partial charge >= 0.3 is 5.97 Å². The Morgan fingerprint density at radius 3 is 2.68 bits per heavy atom. The molecule has 1 rings (SSSR count). The number of carbonyl (C=O) groups is 1. The lowest BCUT2D eigenvalue weighted by molar-refractivity contribution is -0.149. The first-order valence-electron chi connectivity index (χ1n) is 5.43.